The number of nitrogens with zero attached hydrogens (tertiary/aromatic N) is 4. The first-order chi connectivity index (χ1) is 20.1. The SMILES string of the molecule is CCn1c(=O)c(-c2ccc(-c3ncccn3)cc2Cl)cc2/c1=N\C(Nc1ccc(C3=CCNCC3)cc1)=C/CC\C=2. The number of halogens is 1. The molecule has 41 heavy (non-hydrogen) atoms. The van der Waals surface area contributed by atoms with E-state index in [1.807, 2.05) is 31.2 Å². The zero-order chi connectivity index (χ0) is 28.2. The molecular weight excluding hydrogens is 532 g/mol. The summed E-state index contributed by atoms with van der Waals surface area (Å²) in [5.41, 5.74) is 6.11. The Morgan fingerprint density at radius 2 is 1.73 bits per heavy atom. The second-order valence-corrected chi connectivity index (χ2v) is 10.4. The minimum absolute atomic E-state index is 0.131. The lowest BCUT2D eigenvalue weighted by molar-refractivity contribution is 0.678. The fourth-order valence-corrected chi connectivity index (χ4v) is 5.54. The number of nitrogens with one attached hydrogen (secondary N) is 2. The summed E-state index contributed by atoms with van der Waals surface area (Å²) in [4.78, 5) is 27.4. The molecule has 2 aromatic heterocycles. The number of hydrogen-bond acceptors (Lipinski definition) is 6. The van der Waals surface area contributed by atoms with Crippen molar-refractivity contribution in [1.29, 1.82) is 0 Å². The summed E-state index contributed by atoms with van der Waals surface area (Å²) in [7, 11) is 0. The Kier molecular flexibility index (Phi) is 7.89. The molecule has 4 aromatic rings. The molecule has 2 aliphatic heterocycles. The number of benzene rings is 2. The van der Waals surface area contributed by atoms with Gasteiger partial charge >= 0.3 is 0 Å². The van der Waals surface area contributed by atoms with Crippen LogP contribution in [0, 0.1) is 0 Å². The molecule has 0 saturated carbocycles. The van der Waals surface area contributed by atoms with Gasteiger partial charge in [-0.05, 0) is 80.3 Å². The molecule has 2 aliphatic rings. The molecule has 2 aromatic carbocycles. The molecule has 2 N–H and O–H groups in total. The highest BCUT2D eigenvalue weighted by atomic mass is 35.5. The first-order valence-electron chi connectivity index (χ1n) is 14.0. The molecule has 6 rings (SSSR count). The van der Waals surface area contributed by atoms with E-state index in [4.69, 9.17) is 16.6 Å². The van der Waals surface area contributed by atoms with E-state index in [-0.39, 0.29) is 5.56 Å². The number of aromatic nitrogens is 3. The molecule has 0 radical (unpaired) electrons. The highest BCUT2D eigenvalue weighted by molar-refractivity contribution is 6.33. The van der Waals surface area contributed by atoms with Gasteiger partial charge in [0.2, 0.25) is 0 Å². The van der Waals surface area contributed by atoms with Crippen molar-refractivity contribution >= 4 is 28.9 Å². The molecule has 0 saturated heterocycles. The molecule has 0 bridgehead atoms. The van der Waals surface area contributed by atoms with E-state index in [0.717, 1.165) is 54.6 Å². The van der Waals surface area contributed by atoms with Crippen LogP contribution in [0.2, 0.25) is 5.02 Å². The quantitative estimate of drug-likeness (QED) is 0.339. The van der Waals surface area contributed by atoms with E-state index < -0.39 is 0 Å². The topological polar surface area (TPSA) is 84.2 Å². The van der Waals surface area contributed by atoms with Gasteiger partial charge < -0.3 is 10.6 Å². The molecule has 0 amide bonds. The standard InChI is InChI=1S/C33H31ClN6O/c1-2-40-32-25(20-28(33(40)41)27-13-10-24(21-29(27)34)31-36-16-5-17-37-31)6-3-4-7-30(39-32)38-26-11-8-22(9-12-26)23-14-18-35-19-15-23/h5-14,16-17,20-21,35,38H,2-4,15,18-19H2,1H3/b25-6-,30-7-,39-32+. The third-order valence-corrected chi connectivity index (χ3v) is 7.69. The van der Waals surface area contributed by atoms with Crippen LogP contribution in [0.4, 0.5) is 5.69 Å². The first-order valence-corrected chi connectivity index (χ1v) is 14.4. The van der Waals surface area contributed by atoms with Crippen molar-refractivity contribution in [3.8, 4) is 22.5 Å². The maximum Gasteiger partial charge on any atom is 0.260 e. The predicted octanol–water partition coefficient (Wildman–Crippen LogP) is 5.17. The summed E-state index contributed by atoms with van der Waals surface area (Å²) in [5, 5.41) is 8.21. The molecule has 8 heteroatoms. The summed E-state index contributed by atoms with van der Waals surface area (Å²) < 4.78 is 1.72. The number of hydrogen-bond donors (Lipinski definition) is 2. The Morgan fingerprint density at radius 1 is 0.951 bits per heavy atom. The van der Waals surface area contributed by atoms with Crippen molar-refractivity contribution in [2.75, 3.05) is 18.4 Å². The van der Waals surface area contributed by atoms with Crippen LogP contribution in [0.5, 0.6) is 0 Å². The van der Waals surface area contributed by atoms with Crippen molar-refractivity contribution in [3.63, 3.8) is 0 Å². The van der Waals surface area contributed by atoms with Gasteiger partial charge in [0.1, 0.15) is 11.3 Å². The van der Waals surface area contributed by atoms with Gasteiger partial charge in [0.15, 0.2) is 5.82 Å². The third kappa shape index (κ3) is 5.78. The van der Waals surface area contributed by atoms with Crippen LogP contribution in [-0.2, 0) is 6.54 Å². The minimum atomic E-state index is -0.131. The molecule has 0 spiro atoms. The van der Waals surface area contributed by atoms with Crippen LogP contribution >= 0.6 is 11.6 Å². The third-order valence-electron chi connectivity index (χ3n) is 7.38. The van der Waals surface area contributed by atoms with Crippen molar-refractivity contribution in [2.24, 2.45) is 4.99 Å². The van der Waals surface area contributed by atoms with E-state index in [2.05, 4.69) is 63.1 Å². The Labute approximate surface area is 243 Å². The van der Waals surface area contributed by atoms with Gasteiger partial charge in [-0.1, -0.05) is 48.0 Å². The van der Waals surface area contributed by atoms with Crippen molar-refractivity contribution in [3.05, 3.63) is 117 Å². The summed E-state index contributed by atoms with van der Waals surface area (Å²) in [5.74, 6) is 1.31. The van der Waals surface area contributed by atoms with Gasteiger partial charge in [0.05, 0.1) is 0 Å². The fraction of sp³-hybridized carbons (Fsp3) is 0.212. The molecule has 206 valence electrons. The Hall–Kier alpha value is -4.33. The summed E-state index contributed by atoms with van der Waals surface area (Å²) in [6.07, 6.45) is 12.6. The smallest absolute Gasteiger partial charge is 0.260 e. The average Bonchev–Trinajstić information content (AvgIpc) is 3.00. The number of allylic oxidation sites excluding steroid dienone is 1. The van der Waals surface area contributed by atoms with Crippen molar-refractivity contribution < 1.29 is 0 Å². The summed E-state index contributed by atoms with van der Waals surface area (Å²) >= 11 is 6.73. The van der Waals surface area contributed by atoms with Crippen molar-refractivity contribution in [2.45, 2.75) is 32.7 Å². The van der Waals surface area contributed by atoms with Crippen LogP contribution in [0.15, 0.2) is 94.8 Å². The highest BCUT2D eigenvalue weighted by Crippen LogP contribution is 2.29. The number of pyridine rings is 1. The minimum Gasteiger partial charge on any atom is -0.340 e. The molecule has 0 unspecified atom stereocenters. The Balaban J connectivity index is 1.35. The lowest BCUT2D eigenvalue weighted by Crippen LogP contribution is -2.44. The monoisotopic (exact) mass is 562 g/mol. The van der Waals surface area contributed by atoms with E-state index in [1.54, 1.807) is 23.0 Å². The second-order valence-electron chi connectivity index (χ2n) is 10.0. The first kappa shape index (κ1) is 26.9. The predicted molar refractivity (Wildman–Crippen MR) is 166 cm³/mol. The summed E-state index contributed by atoms with van der Waals surface area (Å²) in [6, 6.07) is 17.7. The summed E-state index contributed by atoms with van der Waals surface area (Å²) in [6.45, 7) is 4.36. The van der Waals surface area contributed by atoms with Gasteiger partial charge in [-0.3, -0.25) is 9.36 Å². The van der Waals surface area contributed by atoms with Crippen LogP contribution in [-0.4, -0.2) is 27.6 Å². The van der Waals surface area contributed by atoms with Gasteiger partial charge in [0.25, 0.3) is 5.56 Å². The molecule has 0 atom stereocenters. The maximum atomic E-state index is 13.8. The maximum absolute atomic E-state index is 13.8. The van der Waals surface area contributed by atoms with E-state index in [1.165, 1.54) is 11.1 Å². The van der Waals surface area contributed by atoms with Gasteiger partial charge in [-0.15, -0.1) is 0 Å². The van der Waals surface area contributed by atoms with E-state index in [0.29, 0.717) is 34.0 Å². The van der Waals surface area contributed by atoms with Gasteiger partial charge in [-0.25, -0.2) is 15.0 Å². The number of fused-ring (bicyclic) bond motifs is 1. The Bertz CT molecular complexity index is 1820. The van der Waals surface area contributed by atoms with E-state index >= 15 is 0 Å². The zero-order valence-corrected chi connectivity index (χ0v) is 23.7. The second kappa shape index (κ2) is 12.0. The van der Waals surface area contributed by atoms with Gasteiger partial charge in [0, 0.05) is 58.1 Å². The van der Waals surface area contributed by atoms with Crippen molar-refractivity contribution in [1.82, 2.24) is 19.9 Å². The molecular formula is C33H31ClN6O. The zero-order valence-electron chi connectivity index (χ0n) is 22.9. The Morgan fingerprint density at radius 3 is 2.46 bits per heavy atom. The fourth-order valence-electron chi connectivity index (χ4n) is 5.26. The van der Waals surface area contributed by atoms with Crippen LogP contribution in [0.1, 0.15) is 31.7 Å². The highest BCUT2D eigenvalue weighted by Gasteiger charge is 2.15. The molecule has 7 nitrogen and oxygen atoms in total. The molecule has 0 fully saturated rings. The largest absolute Gasteiger partial charge is 0.340 e. The lowest BCUT2D eigenvalue weighted by Gasteiger charge is -2.15. The van der Waals surface area contributed by atoms with Crippen LogP contribution in [0.3, 0.4) is 0 Å². The van der Waals surface area contributed by atoms with Gasteiger partial charge in [-0.2, -0.15) is 0 Å². The number of rotatable bonds is 6. The number of anilines is 1. The van der Waals surface area contributed by atoms with E-state index in [9.17, 15) is 4.79 Å². The average molecular weight is 563 g/mol. The molecule has 0 aliphatic carbocycles. The molecule has 4 heterocycles. The normalized spacial score (nSPS) is 17.8. The lowest BCUT2D eigenvalue weighted by atomic mass is 10.0. The van der Waals surface area contributed by atoms with Crippen LogP contribution in [0.25, 0.3) is 34.2 Å². The van der Waals surface area contributed by atoms with Crippen LogP contribution < -0.4 is 26.9 Å².